The van der Waals surface area contributed by atoms with Gasteiger partial charge in [0.2, 0.25) is 5.91 Å². The highest BCUT2D eigenvalue weighted by molar-refractivity contribution is 5.92. The first-order valence-corrected chi connectivity index (χ1v) is 6.52. The Bertz CT molecular complexity index is 434. The minimum atomic E-state index is -0.0786. The molecule has 1 saturated carbocycles. The fourth-order valence-electron chi connectivity index (χ4n) is 2.29. The van der Waals surface area contributed by atoms with Crippen LogP contribution in [0.4, 0.5) is 0 Å². The zero-order valence-electron chi connectivity index (χ0n) is 10.4. The van der Waals surface area contributed by atoms with Crippen molar-refractivity contribution in [3.8, 4) is 5.75 Å². The monoisotopic (exact) mass is 245 g/mol. The van der Waals surface area contributed by atoms with Gasteiger partial charge < -0.3 is 10.4 Å². The summed E-state index contributed by atoms with van der Waals surface area (Å²) < 4.78 is 0. The molecule has 0 aliphatic heterocycles. The van der Waals surface area contributed by atoms with Gasteiger partial charge in [-0.3, -0.25) is 4.79 Å². The van der Waals surface area contributed by atoms with Crippen LogP contribution >= 0.6 is 0 Å². The molecule has 1 aliphatic rings. The summed E-state index contributed by atoms with van der Waals surface area (Å²) in [6, 6.07) is 7.30. The second-order valence-electron chi connectivity index (χ2n) is 4.74. The van der Waals surface area contributed by atoms with Crippen LogP contribution in [0.25, 0.3) is 6.08 Å². The molecular weight excluding hydrogens is 226 g/mol. The summed E-state index contributed by atoms with van der Waals surface area (Å²) in [5.74, 6) is 0.115. The Morgan fingerprint density at radius 3 is 2.67 bits per heavy atom. The van der Waals surface area contributed by atoms with Crippen molar-refractivity contribution in [1.29, 1.82) is 0 Å². The molecule has 0 atom stereocenters. The Kier molecular flexibility index (Phi) is 4.40. The molecule has 2 rings (SSSR count). The molecule has 3 nitrogen and oxygen atoms in total. The topological polar surface area (TPSA) is 49.3 Å². The Hall–Kier alpha value is -1.77. The maximum absolute atomic E-state index is 11.7. The number of para-hydroxylation sites is 1. The average molecular weight is 245 g/mol. The second-order valence-corrected chi connectivity index (χ2v) is 4.74. The van der Waals surface area contributed by atoms with Crippen molar-refractivity contribution in [1.82, 2.24) is 5.32 Å². The van der Waals surface area contributed by atoms with Gasteiger partial charge in [0.1, 0.15) is 5.75 Å². The van der Waals surface area contributed by atoms with Crippen LogP contribution < -0.4 is 5.32 Å². The van der Waals surface area contributed by atoms with Crippen LogP contribution in [0.5, 0.6) is 5.75 Å². The van der Waals surface area contributed by atoms with E-state index in [1.807, 2.05) is 6.07 Å². The van der Waals surface area contributed by atoms with Crippen LogP contribution in [0, 0.1) is 0 Å². The van der Waals surface area contributed by atoms with Crippen molar-refractivity contribution in [3.63, 3.8) is 0 Å². The third-order valence-corrected chi connectivity index (χ3v) is 3.30. The van der Waals surface area contributed by atoms with Crippen LogP contribution in [0.2, 0.25) is 0 Å². The molecule has 1 aliphatic carbocycles. The lowest BCUT2D eigenvalue weighted by molar-refractivity contribution is -0.117. The number of nitrogens with one attached hydrogen (secondary N) is 1. The summed E-state index contributed by atoms with van der Waals surface area (Å²) in [5.41, 5.74) is 0.663. The predicted octanol–water partition coefficient (Wildman–Crippen LogP) is 2.85. The highest BCUT2D eigenvalue weighted by Gasteiger charge is 2.14. The fourth-order valence-corrected chi connectivity index (χ4v) is 2.29. The van der Waals surface area contributed by atoms with Crippen LogP contribution in [-0.2, 0) is 4.79 Å². The van der Waals surface area contributed by atoms with Gasteiger partial charge in [-0.15, -0.1) is 0 Å². The molecule has 1 fully saturated rings. The minimum Gasteiger partial charge on any atom is -0.507 e. The van der Waals surface area contributed by atoms with E-state index in [0.29, 0.717) is 11.6 Å². The van der Waals surface area contributed by atoms with Gasteiger partial charge >= 0.3 is 0 Å². The smallest absolute Gasteiger partial charge is 0.244 e. The summed E-state index contributed by atoms with van der Waals surface area (Å²) in [4.78, 5) is 11.7. The maximum atomic E-state index is 11.7. The number of phenols is 1. The van der Waals surface area contributed by atoms with E-state index in [1.54, 1.807) is 24.3 Å². The van der Waals surface area contributed by atoms with Crippen molar-refractivity contribution in [2.75, 3.05) is 0 Å². The highest BCUT2D eigenvalue weighted by Crippen LogP contribution is 2.18. The number of aromatic hydroxyl groups is 1. The summed E-state index contributed by atoms with van der Waals surface area (Å²) in [7, 11) is 0. The molecule has 0 unspecified atom stereocenters. The van der Waals surface area contributed by atoms with Gasteiger partial charge in [-0.1, -0.05) is 37.5 Å². The molecule has 96 valence electrons. The lowest BCUT2D eigenvalue weighted by Crippen LogP contribution is -2.34. The largest absolute Gasteiger partial charge is 0.507 e. The Morgan fingerprint density at radius 2 is 1.94 bits per heavy atom. The molecule has 18 heavy (non-hydrogen) atoms. The molecule has 2 N–H and O–H groups in total. The Labute approximate surface area is 108 Å². The highest BCUT2D eigenvalue weighted by atomic mass is 16.3. The lowest BCUT2D eigenvalue weighted by Gasteiger charge is -2.21. The minimum absolute atomic E-state index is 0.0786. The van der Waals surface area contributed by atoms with Gasteiger partial charge in [0, 0.05) is 17.7 Å². The number of carbonyl (C=O) groups excluding carboxylic acids is 1. The van der Waals surface area contributed by atoms with Gasteiger partial charge in [-0.2, -0.15) is 0 Å². The molecule has 3 heteroatoms. The first-order chi connectivity index (χ1) is 8.75. The van der Waals surface area contributed by atoms with E-state index in [-0.39, 0.29) is 11.7 Å². The van der Waals surface area contributed by atoms with E-state index >= 15 is 0 Å². The van der Waals surface area contributed by atoms with Gasteiger partial charge in [0.25, 0.3) is 0 Å². The van der Waals surface area contributed by atoms with E-state index < -0.39 is 0 Å². The van der Waals surface area contributed by atoms with E-state index in [2.05, 4.69) is 5.32 Å². The van der Waals surface area contributed by atoms with Gasteiger partial charge in [-0.05, 0) is 25.0 Å². The van der Waals surface area contributed by atoms with Crippen LogP contribution in [0.15, 0.2) is 30.3 Å². The zero-order valence-corrected chi connectivity index (χ0v) is 10.4. The molecule has 1 aromatic rings. The molecule has 0 spiro atoms. The summed E-state index contributed by atoms with van der Waals surface area (Å²) >= 11 is 0. The van der Waals surface area contributed by atoms with Crippen molar-refractivity contribution in [3.05, 3.63) is 35.9 Å². The molecular formula is C15H19NO2. The number of hydrogen-bond acceptors (Lipinski definition) is 2. The first kappa shape index (κ1) is 12.7. The number of amides is 1. The number of benzene rings is 1. The van der Waals surface area contributed by atoms with E-state index in [4.69, 9.17) is 0 Å². The fraction of sp³-hybridized carbons (Fsp3) is 0.400. The Morgan fingerprint density at radius 1 is 1.22 bits per heavy atom. The number of rotatable bonds is 3. The van der Waals surface area contributed by atoms with Crippen LogP contribution in [0.1, 0.15) is 37.7 Å². The van der Waals surface area contributed by atoms with Gasteiger partial charge in [0.05, 0.1) is 0 Å². The van der Waals surface area contributed by atoms with Gasteiger partial charge in [-0.25, -0.2) is 0 Å². The summed E-state index contributed by atoms with van der Waals surface area (Å²) in [5, 5.41) is 12.6. The standard InChI is InChI=1S/C15H19NO2/c17-14-9-5-4-6-12(14)10-11-15(18)16-13-7-2-1-3-8-13/h4-6,9-11,13,17H,1-3,7-8H2,(H,16,18). The van der Waals surface area contributed by atoms with Crippen molar-refractivity contribution >= 4 is 12.0 Å². The number of hydrogen-bond donors (Lipinski definition) is 2. The third kappa shape index (κ3) is 3.62. The van der Waals surface area contributed by atoms with Crippen molar-refractivity contribution in [2.45, 2.75) is 38.1 Å². The second kappa shape index (κ2) is 6.24. The molecule has 0 bridgehead atoms. The number of carbonyl (C=O) groups is 1. The molecule has 0 aromatic heterocycles. The first-order valence-electron chi connectivity index (χ1n) is 6.52. The van der Waals surface area contributed by atoms with Crippen molar-refractivity contribution in [2.24, 2.45) is 0 Å². The normalized spacial score (nSPS) is 16.9. The van der Waals surface area contributed by atoms with Crippen LogP contribution in [-0.4, -0.2) is 17.1 Å². The molecule has 0 saturated heterocycles. The third-order valence-electron chi connectivity index (χ3n) is 3.30. The zero-order chi connectivity index (χ0) is 12.8. The molecule has 1 aromatic carbocycles. The summed E-state index contributed by atoms with van der Waals surface area (Å²) in [6.07, 6.45) is 8.98. The van der Waals surface area contributed by atoms with Gasteiger partial charge in [0.15, 0.2) is 0 Å². The predicted molar refractivity (Wildman–Crippen MR) is 72.2 cm³/mol. The van der Waals surface area contributed by atoms with E-state index in [1.165, 1.54) is 25.3 Å². The number of phenolic OH excluding ortho intramolecular Hbond substituents is 1. The Balaban J connectivity index is 1.88. The van der Waals surface area contributed by atoms with Crippen LogP contribution in [0.3, 0.4) is 0 Å². The molecule has 0 heterocycles. The van der Waals surface area contributed by atoms with E-state index in [9.17, 15) is 9.90 Å². The summed E-state index contributed by atoms with van der Waals surface area (Å²) in [6.45, 7) is 0. The lowest BCUT2D eigenvalue weighted by atomic mass is 9.95. The maximum Gasteiger partial charge on any atom is 0.244 e. The molecule has 1 amide bonds. The SMILES string of the molecule is O=C(C=Cc1ccccc1O)NC1CCCCC1. The average Bonchev–Trinajstić information content (AvgIpc) is 2.39. The van der Waals surface area contributed by atoms with E-state index in [0.717, 1.165) is 12.8 Å². The molecule has 0 radical (unpaired) electrons. The van der Waals surface area contributed by atoms with Crippen molar-refractivity contribution < 1.29 is 9.90 Å². The quantitative estimate of drug-likeness (QED) is 0.804.